The molecule has 10 heteroatoms. The van der Waals surface area contributed by atoms with Crippen molar-refractivity contribution in [2.75, 3.05) is 28.4 Å². The van der Waals surface area contributed by atoms with Gasteiger partial charge < -0.3 is 38.8 Å². The third-order valence-electron chi connectivity index (χ3n) is 6.24. The molecular formula is C27H31NO9. The van der Waals surface area contributed by atoms with E-state index in [1.807, 2.05) is 0 Å². The van der Waals surface area contributed by atoms with E-state index < -0.39 is 17.4 Å². The van der Waals surface area contributed by atoms with Gasteiger partial charge in [-0.25, -0.2) is 0 Å². The summed E-state index contributed by atoms with van der Waals surface area (Å²) in [6.07, 6.45) is 0.111. The van der Waals surface area contributed by atoms with Gasteiger partial charge in [-0.15, -0.1) is 0 Å². The zero-order chi connectivity index (χ0) is 27.3. The Hall–Kier alpha value is -4.34. The standard InChI is InChI=1S/C27H31NO9/c1-15-12-21(31)24(27(33)28(15)11-10-16-6-8-19(29)20(30)13-16)18(14-23(32)35-3)17-7-9-22(34-2)26(37-5)25(17)36-4/h6-9,12-13,18,29-31H,10-11,14H2,1-5H3. The Morgan fingerprint density at radius 1 is 0.892 bits per heavy atom. The van der Waals surface area contributed by atoms with Crippen molar-refractivity contribution in [1.29, 1.82) is 0 Å². The number of methoxy groups -OCH3 is 4. The van der Waals surface area contributed by atoms with Gasteiger partial charge in [0.05, 0.1) is 40.4 Å². The number of hydrogen-bond donors (Lipinski definition) is 3. The van der Waals surface area contributed by atoms with E-state index in [1.165, 1.54) is 51.2 Å². The van der Waals surface area contributed by atoms with Crippen molar-refractivity contribution in [3.8, 4) is 34.5 Å². The van der Waals surface area contributed by atoms with E-state index in [0.717, 1.165) is 0 Å². The van der Waals surface area contributed by atoms with Crippen molar-refractivity contribution in [2.24, 2.45) is 0 Å². The molecule has 0 radical (unpaired) electrons. The van der Waals surface area contributed by atoms with Gasteiger partial charge in [-0.2, -0.15) is 0 Å². The molecule has 0 aliphatic rings. The first-order chi connectivity index (χ1) is 17.7. The maximum Gasteiger partial charge on any atom is 0.306 e. The number of aromatic nitrogens is 1. The van der Waals surface area contributed by atoms with E-state index in [2.05, 4.69) is 0 Å². The molecule has 0 saturated carbocycles. The van der Waals surface area contributed by atoms with Crippen molar-refractivity contribution in [1.82, 2.24) is 4.57 Å². The summed E-state index contributed by atoms with van der Waals surface area (Å²) in [5.74, 6) is -1.37. The average molecular weight is 514 g/mol. The Balaban J connectivity index is 2.16. The molecule has 0 fully saturated rings. The number of aromatic hydroxyl groups is 3. The van der Waals surface area contributed by atoms with Gasteiger partial charge in [0.15, 0.2) is 23.0 Å². The van der Waals surface area contributed by atoms with Gasteiger partial charge in [0.25, 0.3) is 5.56 Å². The highest BCUT2D eigenvalue weighted by molar-refractivity contribution is 5.72. The molecule has 1 atom stereocenters. The fourth-order valence-corrected chi connectivity index (χ4v) is 4.36. The minimum Gasteiger partial charge on any atom is -0.507 e. The molecule has 1 aromatic heterocycles. The molecule has 0 aliphatic carbocycles. The molecule has 1 heterocycles. The summed E-state index contributed by atoms with van der Waals surface area (Å²) in [5, 5.41) is 30.3. The molecule has 3 aromatic rings. The molecule has 198 valence electrons. The van der Waals surface area contributed by atoms with Crippen LogP contribution in [0.5, 0.6) is 34.5 Å². The van der Waals surface area contributed by atoms with Gasteiger partial charge in [-0.05, 0) is 43.2 Å². The highest BCUT2D eigenvalue weighted by atomic mass is 16.5. The Kier molecular flexibility index (Phi) is 8.54. The van der Waals surface area contributed by atoms with Crippen LogP contribution >= 0.6 is 0 Å². The molecule has 2 aromatic carbocycles. The lowest BCUT2D eigenvalue weighted by Gasteiger charge is -2.23. The first-order valence-electron chi connectivity index (χ1n) is 11.5. The summed E-state index contributed by atoms with van der Waals surface area (Å²) in [6, 6.07) is 9.18. The van der Waals surface area contributed by atoms with Crippen molar-refractivity contribution in [2.45, 2.75) is 32.2 Å². The number of pyridine rings is 1. The lowest BCUT2D eigenvalue weighted by Crippen LogP contribution is -2.29. The van der Waals surface area contributed by atoms with Crippen LogP contribution in [0.1, 0.15) is 34.7 Å². The van der Waals surface area contributed by atoms with E-state index >= 15 is 0 Å². The molecule has 37 heavy (non-hydrogen) atoms. The topological polar surface area (TPSA) is 137 Å². The summed E-state index contributed by atoms with van der Waals surface area (Å²) < 4.78 is 22.8. The fourth-order valence-electron chi connectivity index (χ4n) is 4.36. The largest absolute Gasteiger partial charge is 0.507 e. The van der Waals surface area contributed by atoms with E-state index in [-0.39, 0.29) is 47.3 Å². The Morgan fingerprint density at radius 3 is 2.19 bits per heavy atom. The van der Waals surface area contributed by atoms with Crippen LogP contribution in [0.4, 0.5) is 0 Å². The normalized spacial score (nSPS) is 11.6. The predicted octanol–water partition coefficient (Wildman–Crippen LogP) is 3.24. The van der Waals surface area contributed by atoms with Gasteiger partial charge in [0, 0.05) is 23.7 Å². The number of ether oxygens (including phenoxy) is 4. The Labute approximate surface area is 214 Å². The van der Waals surface area contributed by atoms with E-state index in [1.54, 1.807) is 25.1 Å². The van der Waals surface area contributed by atoms with Gasteiger partial charge in [-0.3, -0.25) is 9.59 Å². The fraction of sp³-hybridized carbons (Fsp3) is 0.333. The maximum atomic E-state index is 13.8. The number of phenolic OH excluding ortho intramolecular Hbond substituents is 2. The average Bonchev–Trinajstić information content (AvgIpc) is 2.88. The minimum atomic E-state index is -0.931. The van der Waals surface area contributed by atoms with E-state index in [4.69, 9.17) is 18.9 Å². The summed E-state index contributed by atoms with van der Waals surface area (Å²) >= 11 is 0. The van der Waals surface area contributed by atoms with Crippen molar-refractivity contribution < 1.29 is 39.1 Å². The van der Waals surface area contributed by atoms with E-state index in [0.29, 0.717) is 29.0 Å². The lowest BCUT2D eigenvalue weighted by molar-refractivity contribution is -0.140. The first kappa shape index (κ1) is 27.3. The summed E-state index contributed by atoms with van der Waals surface area (Å²) in [6.45, 7) is 1.90. The molecule has 0 amide bonds. The molecule has 1 unspecified atom stereocenters. The number of carbonyl (C=O) groups excluding carboxylic acids is 1. The predicted molar refractivity (Wildman–Crippen MR) is 135 cm³/mol. The second-order valence-corrected chi connectivity index (χ2v) is 8.37. The van der Waals surface area contributed by atoms with Gasteiger partial charge in [-0.1, -0.05) is 12.1 Å². The minimum absolute atomic E-state index is 0.00456. The number of carbonyl (C=O) groups is 1. The molecule has 0 bridgehead atoms. The van der Waals surface area contributed by atoms with Crippen LogP contribution in [-0.4, -0.2) is 54.3 Å². The van der Waals surface area contributed by atoms with E-state index in [9.17, 15) is 24.9 Å². The molecule has 10 nitrogen and oxygen atoms in total. The number of nitrogens with zero attached hydrogens (tertiary/aromatic N) is 1. The quantitative estimate of drug-likeness (QED) is 0.276. The van der Waals surface area contributed by atoms with Crippen LogP contribution in [0, 0.1) is 6.92 Å². The van der Waals surface area contributed by atoms with Crippen LogP contribution in [0.3, 0.4) is 0 Å². The van der Waals surface area contributed by atoms with Gasteiger partial charge >= 0.3 is 5.97 Å². The van der Waals surface area contributed by atoms with Gasteiger partial charge in [0.1, 0.15) is 5.75 Å². The summed E-state index contributed by atoms with van der Waals surface area (Å²) in [5.41, 5.74) is 1.13. The van der Waals surface area contributed by atoms with Crippen LogP contribution in [0.15, 0.2) is 41.2 Å². The zero-order valence-electron chi connectivity index (χ0n) is 21.4. The number of rotatable bonds is 10. The Morgan fingerprint density at radius 2 is 1.59 bits per heavy atom. The third kappa shape index (κ3) is 5.58. The monoisotopic (exact) mass is 513 g/mol. The summed E-state index contributed by atoms with van der Waals surface area (Å²) in [7, 11) is 5.58. The second kappa shape index (κ2) is 11.6. The number of aryl methyl sites for hydroxylation is 2. The van der Waals surface area contributed by atoms with Crippen molar-refractivity contribution in [3.63, 3.8) is 0 Å². The van der Waals surface area contributed by atoms with Crippen LogP contribution < -0.4 is 19.8 Å². The number of benzene rings is 2. The van der Waals surface area contributed by atoms with Crippen LogP contribution in [-0.2, 0) is 22.5 Å². The van der Waals surface area contributed by atoms with Crippen LogP contribution in [0.2, 0.25) is 0 Å². The molecular weight excluding hydrogens is 482 g/mol. The molecule has 0 spiro atoms. The van der Waals surface area contributed by atoms with Crippen molar-refractivity contribution in [3.05, 3.63) is 69.1 Å². The maximum absolute atomic E-state index is 13.8. The molecule has 0 saturated heterocycles. The SMILES string of the molecule is COC(=O)CC(c1ccc(OC)c(OC)c1OC)c1c(O)cc(C)n(CCc2ccc(O)c(O)c2)c1=O. The number of esters is 1. The molecule has 3 rings (SSSR count). The second-order valence-electron chi connectivity index (χ2n) is 8.37. The highest BCUT2D eigenvalue weighted by Crippen LogP contribution is 2.46. The molecule has 3 N–H and O–H groups in total. The zero-order valence-corrected chi connectivity index (χ0v) is 21.4. The summed E-state index contributed by atoms with van der Waals surface area (Å²) in [4.78, 5) is 26.2. The highest BCUT2D eigenvalue weighted by Gasteiger charge is 2.31. The third-order valence-corrected chi connectivity index (χ3v) is 6.24. The lowest BCUT2D eigenvalue weighted by atomic mass is 9.87. The van der Waals surface area contributed by atoms with Gasteiger partial charge in [0.2, 0.25) is 5.75 Å². The molecule has 0 aliphatic heterocycles. The number of hydrogen-bond acceptors (Lipinski definition) is 9. The smallest absolute Gasteiger partial charge is 0.306 e. The first-order valence-corrected chi connectivity index (χ1v) is 11.5. The number of phenols is 2. The van der Waals surface area contributed by atoms with Crippen molar-refractivity contribution >= 4 is 5.97 Å². The Bertz CT molecular complexity index is 1350. The van der Waals surface area contributed by atoms with Crippen LogP contribution in [0.25, 0.3) is 0 Å².